The van der Waals surface area contributed by atoms with Crippen molar-refractivity contribution >= 4 is 5.91 Å². The van der Waals surface area contributed by atoms with Gasteiger partial charge in [0.15, 0.2) is 6.39 Å². The number of amides is 1. The quantitative estimate of drug-likeness (QED) is 0.760. The summed E-state index contributed by atoms with van der Waals surface area (Å²) in [6.45, 7) is 2.89. The maximum absolute atomic E-state index is 11.3. The van der Waals surface area contributed by atoms with Crippen LogP contribution in [0.4, 0.5) is 0 Å². The van der Waals surface area contributed by atoms with E-state index in [0.717, 1.165) is 6.54 Å². The van der Waals surface area contributed by atoms with Crippen LogP contribution in [0.1, 0.15) is 30.3 Å². The molecule has 1 aromatic heterocycles. The minimum atomic E-state index is -0.175. The second-order valence-corrected chi connectivity index (χ2v) is 3.86. The summed E-state index contributed by atoms with van der Waals surface area (Å²) in [7, 11) is 0. The van der Waals surface area contributed by atoms with Gasteiger partial charge in [0.1, 0.15) is 0 Å². The Morgan fingerprint density at radius 1 is 1.77 bits per heavy atom. The lowest BCUT2D eigenvalue weighted by molar-refractivity contribution is 0.0918. The Kier molecular flexibility index (Phi) is 1.83. The summed E-state index contributed by atoms with van der Waals surface area (Å²) in [5, 5.41) is 2.81. The van der Waals surface area contributed by atoms with Crippen LogP contribution in [0, 0.1) is 5.41 Å². The highest BCUT2D eigenvalue weighted by Crippen LogP contribution is 2.44. The van der Waals surface area contributed by atoms with Crippen molar-refractivity contribution in [2.24, 2.45) is 5.41 Å². The highest BCUT2D eigenvalue weighted by Gasteiger charge is 2.37. The zero-order chi connectivity index (χ0) is 9.31. The Hall–Kier alpha value is -1.32. The zero-order valence-corrected chi connectivity index (χ0v) is 7.54. The fourth-order valence-electron chi connectivity index (χ4n) is 1.10. The summed E-state index contributed by atoms with van der Waals surface area (Å²) in [5.41, 5.74) is 0.329. The van der Waals surface area contributed by atoms with Gasteiger partial charge >= 0.3 is 0 Å². The van der Waals surface area contributed by atoms with Crippen molar-refractivity contribution in [3.8, 4) is 0 Å². The van der Waals surface area contributed by atoms with Gasteiger partial charge in [0.2, 0.25) is 5.76 Å². The van der Waals surface area contributed by atoms with Gasteiger partial charge in [0, 0.05) is 6.54 Å². The Bertz CT molecular complexity index is 301. The van der Waals surface area contributed by atoms with E-state index in [-0.39, 0.29) is 11.7 Å². The topological polar surface area (TPSA) is 55.1 Å². The van der Waals surface area contributed by atoms with Crippen LogP contribution in [0.3, 0.4) is 0 Å². The molecule has 0 bridgehead atoms. The van der Waals surface area contributed by atoms with Gasteiger partial charge < -0.3 is 9.73 Å². The van der Waals surface area contributed by atoms with Gasteiger partial charge in [-0.1, -0.05) is 6.92 Å². The third-order valence-corrected chi connectivity index (χ3v) is 2.44. The molecule has 1 aliphatic carbocycles. The maximum Gasteiger partial charge on any atom is 0.288 e. The first-order valence-electron chi connectivity index (χ1n) is 4.36. The number of nitrogens with zero attached hydrogens (tertiary/aromatic N) is 1. The van der Waals surface area contributed by atoms with Crippen LogP contribution in [0.5, 0.6) is 0 Å². The number of nitrogens with one attached hydrogen (secondary N) is 1. The van der Waals surface area contributed by atoms with Gasteiger partial charge in [0.05, 0.1) is 6.20 Å². The number of carbonyl (C=O) groups is 1. The molecule has 1 N–H and O–H groups in total. The molecule has 0 unspecified atom stereocenters. The lowest BCUT2D eigenvalue weighted by atomic mass is 10.1. The molecular weight excluding hydrogens is 168 g/mol. The van der Waals surface area contributed by atoms with E-state index in [1.807, 2.05) is 0 Å². The number of hydrogen-bond donors (Lipinski definition) is 1. The van der Waals surface area contributed by atoms with E-state index in [1.54, 1.807) is 0 Å². The second-order valence-electron chi connectivity index (χ2n) is 3.86. The SMILES string of the molecule is CC1(CNC(=O)c2cnco2)CC1. The molecule has 4 nitrogen and oxygen atoms in total. The van der Waals surface area contributed by atoms with Gasteiger partial charge in [-0.25, -0.2) is 4.98 Å². The summed E-state index contributed by atoms with van der Waals surface area (Å²) < 4.78 is 4.86. The Balaban J connectivity index is 1.85. The van der Waals surface area contributed by atoms with Crippen LogP contribution in [-0.2, 0) is 0 Å². The number of oxazole rings is 1. The van der Waals surface area contributed by atoms with Gasteiger partial charge in [-0.05, 0) is 18.3 Å². The van der Waals surface area contributed by atoms with Gasteiger partial charge in [0.25, 0.3) is 5.91 Å². The highest BCUT2D eigenvalue weighted by molar-refractivity contribution is 5.91. The fourth-order valence-corrected chi connectivity index (χ4v) is 1.10. The van der Waals surface area contributed by atoms with Crippen LogP contribution in [0.2, 0.25) is 0 Å². The van der Waals surface area contributed by atoms with Gasteiger partial charge in [-0.2, -0.15) is 0 Å². The molecule has 1 fully saturated rings. The van der Waals surface area contributed by atoms with E-state index in [1.165, 1.54) is 25.4 Å². The molecule has 70 valence electrons. The molecule has 0 aliphatic heterocycles. The van der Waals surface area contributed by atoms with Crippen LogP contribution >= 0.6 is 0 Å². The summed E-state index contributed by atoms with van der Waals surface area (Å²) >= 11 is 0. The van der Waals surface area contributed by atoms with E-state index < -0.39 is 0 Å². The minimum Gasteiger partial charge on any atom is -0.438 e. The molecule has 2 rings (SSSR count). The lowest BCUT2D eigenvalue weighted by Gasteiger charge is -2.07. The molecule has 1 aromatic rings. The van der Waals surface area contributed by atoms with E-state index >= 15 is 0 Å². The molecule has 1 amide bonds. The van der Waals surface area contributed by atoms with Gasteiger partial charge in [-0.3, -0.25) is 4.79 Å². The summed E-state index contributed by atoms with van der Waals surface area (Å²) in [6.07, 6.45) is 5.08. The molecule has 0 radical (unpaired) electrons. The second kappa shape index (κ2) is 2.87. The van der Waals surface area contributed by atoms with Crippen molar-refractivity contribution in [2.75, 3.05) is 6.54 Å². The van der Waals surface area contributed by atoms with Crippen LogP contribution in [0.25, 0.3) is 0 Å². The van der Waals surface area contributed by atoms with E-state index in [0.29, 0.717) is 5.41 Å². The normalized spacial score (nSPS) is 18.2. The third kappa shape index (κ3) is 1.88. The first-order valence-corrected chi connectivity index (χ1v) is 4.36. The standard InChI is InChI=1S/C9H12N2O2/c1-9(2-3-9)5-11-8(12)7-4-10-6-13-7/h4,6H,2-3,5H2,1H3,(H,11,12). The van der Waals surface area contributed by atoms with Crippen molar-refractivity contribution in [3.63, 3.8) is 0 Å². The Morgan fingerprint density at radius 2 is 2.54 bits per heavy atom. The number of carbonyl (C=O) groups excluding carboxylic acids is 1. The van der Waals surface area contributed by atoms with Crippen molar-refractivity contribution in [3.05, 3.63) is 18.4 Å². The van der Waals surface area contributed by atoms with Crippen molar-refractivity contribution in [1.82, 2.24) is 10.3 Å². The number of aromatic nitrogens is 1. The molecule has 0 atom stereocenters. The monoisotopic (exact) mass is 180 g/mol. The molecule has 1 heterocycles. The summed E-state index contributed by atoms with van der Waals surface area (Å²) in [4.78, 5) is 15.0. The molecule has 0 spiro atoms. The summed E-state index contributed by atoms with van der Waals surface area (Å²) in [5.74, 6) is 0.106. The Labute approximate surface area is 76.3 Å². The molecular formula is C9H12N2O2. The highest BCUT2D eigenvalue weighted by atomic mass is 16.3. The first-order chi connectivity index (χ1) is 6.20. The van der Waals surface area contributed by atoms with E-state index in [2.05, 4.69) is 17.2 Å². The molecule has 1 aliphatic rings. The number of hydrogen-bond acceptors (Lipinski definition) is 3. The van der Waals surface area contributed by atoms with Crippen molar-refractivity contribution in [2.45, 2.75) is 19.8 Å². The van der Waals surface area contributed by atoms with Crippen LogP contribution in [-0.4, -0.2) is 17.4 Å². The first kappa shape index (κ1) is 8.29. The molecule has 1 saturated carbocycles. The number of rotatable bonds is 3. The predicted molar refractivity (Wildman–Crippen MR) is 46.2 cm³/mol. The average Bonchev–Trinajstić information content (AvgIpc) is 2.69. The average molecular weight is 180 g/mol. The van der Waals surface area contributed by atoms with Crippen molar-refractivity contribution < 1.29 is 9.21 Å². The molecule has 0 aromatic carbocycles. The van der Waals surface area contributed by atoms with Crippen molar-refractivity contribution in [1.29, 1.82) is 0 Å². The van der Waals surface area contributed by atoms with E-state index in [9.17, 15) is 4.79 Å². The van der Waals surface area contributed by atoms with Gasteiger partial charge in [-0.15, -0.1) is 0 Å². The third-order valence-electron chi connectivity index (χ3n) is 2.44. The van der Waals surface area contributed by atoms with E-state index in [4.69, 9.17) is 4.42 Å². The van der Waals surface area contributed by atoms with Crippen LogP contribution < -0.4 is 5.32 Å². The molecule has 13 heavy (non-hydrogen) atoms. The smallest absolute Gasteiger partial charge is 0.288 e. The minimum absolute atomic E-state index is 0.175. The molecule has 0 saturated heterocycles. The zero-order valence-electron chi connectivity index (χ0n) is 7.54. The summed E-state index contributed by atoms with van der Waals surface area (Å²) in [6, 6.07) is 0. The maximum atomic E-state index is 11.3. The predicted octanol–water partition coefficient (Wildman–Crippen LogP) is 1.20. The largest absolute Gasteiger partial charge is 0.438 e. The van der Waals surface area contributed by atoms with Crippen LogP contribution in [0.15, 0.2) is 17.0 Å². The molecule has 4 heteroatoms. The fraction of sp³-hybridized carbons (Fsp3) is 0.556. The lowest BCUT2D eigenvalue weighted by Crippen LogP contribution is -2.28. The Morgan fingerprint density at radius 3 is 3.08 bits per heavy atom.